The van der Waals surface area contributed by atoms with Gasteiger partial charge in [-0.25, -0.2) is 9.94 Å². The van der Waals surface area contributed by atoms with Gasteiger partial charge in [0.05, 0.1) is 17.8 Å². The number of nitrogens with zero attached hydrogens (tertiary/aromatic N) is 5. The minimum Gasteiger partial charge on any atom is -0.459 e. The van der Waals surface area contributed by atoms with Crippen LogP contribution in [0.5, 0.6) is 0 Å². The fraction of sp³-hybridized carbons (Fsp3) is 0.333. The van der Waals surface area contributed by atoms with E-state index in [4.69, 9.17) is 4.74 Å². The van der Waals surface area contributed by atoms with Gasteiger partial charge in [-0.05, 0) is 49.9 Å². The quantitative estimate of drug-likeness (QED) is 0.341. The first-order valence-electron chi connectivity index (χ1n) is 13.3. The van der Waals surface area contributed by atoms with Gasteiger partial charge in [-0.15, -0.1) is 0 Å². The predicted molar refractivity (Wildman–Crippen MR) is 151 cm³/mol. The van der Waals surface area contributed by atoms with Crippen LogP contribution in [0.25, 0.3) is 16.9 Å². The van der Waals surface area contributed by atoms with Crippen molar-refractivity contribution in [3.63, 3.8) is 0 Å². The van der Waals surface area contributed by atoms with Crippen LogP contribution in [0.15, 0.2) is 64.8 Å². The average molecular weight is 541 g/mol. The average Bonchev–Trinajstić information content (AvgIpc) is 3.57. The minimum atomic E-state index is -0.689. The minimum absolute atomic E-state index is 0.161. The molecule has 0 spiro atoms. The monoisotopic (exact) mass is 540 g/mol. The molecule has 40 heavy (non-hydrogen) atoms. The van der Waals surface area contributed by atoms with E-state index < -0.39 is 11.6 Å². The molecule has 4 aromatic rings. The van der Waals surface area contributed by atoms with Crippen LogP contribution < -0.4 is 11.0 Å². The van der Waals surface area contributed by atoms with Gasteiger partial charge < -0.3 is 4.74 Å². The van der Waals surface area contributed by atoms with Gasteiger partial charge in [0.15, 0.2) is 0 Å². The lowest BCUT2D eigenvalue weighted by Gasteiger charge is -2.20. The molecule has 2 aromatic heterocycles. The van der Waals surface area contributed by atoms with Crippen LogP contribution in [0, 0.1) is 0 Å². The largest absolute Gasteiger partial charge is 0.459 e. The van der Waals surface area contributed by atoms with Crippen molar-refractivity contribution >= 4 is 23.4 Å². The number of esters is 1. The number of amides is 1. The Bertz CT molecular complexity index is 1680. The number of benzene rings is 2. The van der Waals surface area contributed by atoms with E-state index in [2.05, 4.69) is 20.6 Å². The molecule has 3 heterocycles. The van der Waals surface area contributed by atoms with Gasteiger partial charge in [-0.2, -0.15) is 15.2 Å². The van der Waals surface area contributed by atoms with E-state index in [1.54, 1.807) is 25.3 Å². The maximum atomic E-state index is 14.0. The molecular weight excluding hydrogens is 508 g/mol. The SMILES string of the molecule is CCCc1c(Cc2ccc(-c3ccccc3)c(C3=NNC(=O)C3)c2)c(=O)n(CC(=O)OC(C)(C)C)c2ncnn12. The first-order chi connectivity index (χ1) is 19.1. The summed E-state index contributed by atoms with van der Waals surface area (Å²) >= 11 is 0. The zero-order valence-electron chi connectivity index (χ0n) is 23.1. The Balaban J connectivity index is 1.61. The zero-order valence-corrected chi connectivity index (χ0v) is 23.1. The molecule has 0 radical (unpaired) electrons. The summed E-state index contributed by atoms with van der Waals surface area (Å²) in [6, 6.07) is 15.9. The third kappa shape index (κ3) is 5.56. The highest BCUT2D eigenvalue weighted by Gasteiger charge is 2.24. The van der Waals surface area contributed by atoms with Crippen molar-refractivity contribution in [2.24, 2.45) is 5.10 Å². The van der Waals surface area contributed by atoms with E-state index in [0.717, 1.165) is 34.4 Å². The summed E-state index contributed by atoms with van der Waals surface area (Å²) in [4.78, 5) is 43.0. The second-order valence-corrected chi connectivity index (χ2v) is 10.8. The summed E-state index contributed by atoms with van der Waals surface area (Å²) in [5.74, 6) is -0.390. The molecule has 2 aromatic carbocycles. The number of hydrogen-bond donors (Lipinski definition) is 1. The van der Waals surface area contributed by atoms with Crippen LogP contribution in [-0.4, -0.2) is 42.4 Å². The van der Waals surface area contributed by atoms with E-state index in [9.17, 15) is 14.4 Å². The van der Waals surface area contributed by atoms with Gasteiger partial charge in [0.2, 0.25) is 11.7 Å². The Morgan fingerprint density at radius 2 is 1.85 bits per heavy atom. The second-order valence-electron chi connectivity index (χ2n) is 10.8. The van der Waals surface area contributed by atoms with E-state index in [-0.39, 0.29) is 24.4 Å². The van der Waals surface area contributed by atoms with Crippen molar-refractivity contribution < 1.29 is 14.3 Å². The van der Waals surface area contributed by atoms with Gasteiger partial charge in [-0.1, -0.05) is 55.8 Å². The standard InChI is InChI=1S/C30H32N6O4/c1-5-9-25-23(28(39)35(29-31-18-32-36(25)29)17-27(38)40-30(2,3)4)15-19-12-13-21(20-10-7-6-8-11-20)22(14-19)24-16-26(37)34-33-24/h6-8,10-14,18H,5,9,15-17H2,1-4H3,(H,34,37). The molecular formula is C30H32N6O4. The van der Waals surface area contributed by atoms with E-state index in [0.29, 0.717) is 29.9 Å². The normalized spacial score (nSPS) is 13.4. The van der Waals surface area contributed by atoms with Crippen LogP contribution in [-0.2, 0) is 33.7 Å². The van der Waals surface area contributed by atoms with Crippen molar-refractivity contribution in [3.8, 4) is 11.1 Å². The third-order valence-electron chi connectivity index (χ3n) is 6.58. The number of hydrogen-bond acceptors (Lipinski definition) is 7. The fourth-order valence-electron chi connectivity index (χ4n) is 4.96. The van der Waals surface area contributed by atoms with Crippen molar-refractivity contribution in [2.45, 2.75) is 65.5 Å². The van der Waals surface area contributed by atoms with Crippen LogP contribution in [0.4, 0.5) is 0 Å². The lowest BCUT2D eigenvalue weighted by Crippen LogP contribution is -2.34. The van der Waals surface area contributed by atoms with Crippen LogP contribution in [0.2, 0.25) is 0 Å². The van der Waals surface area contributed by atoms with Crippen molar-refractivity contribution in [2.75, 3.05) is 0 Å². The van der Waals surface area contributed by atoms with Crippen molar-refractivity contribution in [1.29, 1.82) is 0 Å². The number of hydrazone groups is 1. The molecule has 0 bridgehead atoms. The molecule has 1 aliphatic rings. The Hall–Kier alpha value is -4.60. The molecule has 1 aliphatic heterocycles. The van der Waals surface area contributed by atoms with Crippen LogP contribution >= 0.6 is 0 Å². The molecule has 1 N–H and O–H groups in total. The summed E-state index contributed by atoms with van der Waals surface area (Å²) in [6.45, 7) is 7.11. The van der Waals surface area contributed by atoms with Crippen molar-refractivity contribution in [1.82, 2.24) is 24.6 Å². The Morgan fingerprint density at radius 1 is 1.07 bits per heavy atom. The summed E-state index contributed by atoms with van der Waals surface area (Å²) < 4.78 is 8.47. The Labute approximate surface area is 231 Å². The number of aryl methyl sites for hydroxylation is 1. The highest BCUT2D eigenvalue weighted by molar-refractivity contribution is 6.16. The fourth-order valence-corrected chi connectivity index (χ4v) is 4.96. The first-order valence-corrected chi connectivity index (χ1v) is 13.3. The van der Waals surface area contributed by atoms with Gasteiger partial charge in [-0.3, -0.25) is 19.0 Å². The number of aromatic nitrogens is 4. The smallest absolute Gasteiger partial charge is 0.326 e. The number of carbonyl (C=O) groups is 2. The van der Waals surface area contributed by atoms with Gasteiger partial charge in [0.25, 0.3) is 5.56 Å². The zero-order chi connectivity index (χ0) is 28.4. The van der Waals surface area contributed by atoms with Gasteiger partial charge >= 0.3 is 5.97 Å². The maximum Gasteiger partial charge on any atom is 0.326 e. The molecule has 0 aliphatic carbocycles. The van der Waals surface area contributed by atoms with Gasteiger partial charge in [0, 0.05) is 17.5 Å². The molecule has 1 amide bonds. The molecule has 0 fully saturated rings. The summed E-state index contributed by atoms with van der Waals surface area (Å²) in [5.41, 5.74) is 7.13. The first kappa shape index (κ1) is 27.0. The maximum absolute atomic E-state index is 14.0. The Morgan fingerprint density at radius 3 is 2.52 bits per heavy atom. The molecule has 10 nitrogen and oxygen atoms in total. The van der Waals surface area contributed by atoms with Gasteiger partial charge in [0.1, 0.15) is 18.5 Å². The van der Waals surface area contributed by atoms with Crippen molar-refractivity contribution in [3.05, 3.63) is 87.6 Å². The molecule has 0 unspecified atom stereocenters. The second kappa shape index (κ2) is 10.9. The molecule has 10 heteroatoms. The number of rotatable bonds is 8. The number of fused-ring (bicyclic) bond motifs is 1. The lowest BCUT2D eigenvalue weighted by atomic mass is 9.91. The summed E-state index contributed by atoms with van der Waals surface area (Å²) in [6.07, 6.45) is 3.27. The van der Waals surface area contributed by atoms with Crippen LogP contribution in [0.3, 0.4) is 0 Å². The number of nitrogens with one attached hydrogen (secondary N) is 1. The number of ether oxygens (including phenoxy) is 1. The van der Waals surface area contributed by atoms with E-state index >= 15 is 0 Å². The molecule has 0 saturated carbocycles. The molecule has 0 atom stereocenters. The topological polar surface area (TPSA) is 120 Å². The number of carbonyl (C=O) groups excluding carboxylic acids is 2. The Kier molecular flexibility index (Phi) is 7.34. The molecule has 206 valence electrons. The highest BCUT2D eigenvalue weighted by Crippen LogP contribution is 2.28. The summed E-state index contributed by atoms with van der Waals surface area (Å²) in [5, 5.41) is 8.67. The third-order valence-corrected chi connectivity index (χ3v) is 6.58. The molecule has 5 rings (SSSR count). The summed E-state index contributed by atoms with van der Waals surface area (Å²) in [7, 11) is 0. The van der Waals surface area contributed by atoms with E-state index in [1.807, 2.05) is 55.5 Å². The molecule has 0 saturated heterocycles. The lowest BCUT2D eigenvalue weighted by molar-refractivity contribution is -0.155. The van der Waals surface area contributed by atoms with E-state index in [1.165, 1.54) is 10.9 Å². The highest BCUT2D eigenvalue weighted by atomic mass is 16.6. The van der Waals surface area contributed by atoms with Crippen LogP contribution in [0.1, 0.15) is 62.9 Å². The predicted octanol–water partition coefficient (Wildman–Crippen LogP) is 3.67.